The molecule has 6 aromatic rings. The van der Waals surface area contributed by atoms with Gasteiger partial charge in [-0.15, -0.1) is 0 Å². The minimum Gasteiger partial charge on any atom is -0.488 e. The van der Waals surface area contributed by atoms with Gasteiger partial charge in [-0.05, 0) is 349 Å². The molecule has 0 aliphatic heterocycles. The monoisotopic (exact) mass is 1530 g/mol. The lowest BCUT2D eigenvalue weighted by atomic mass is 9.49. The fraction of sp³-hybridized carbons (Fsp3) is 0.657. The van der Waals surface area contributed by atoms with Crippen molar-refractivity contribution in [3.8, 4) is 34.5 Å². The Morgan fingerprint density at radius 1 is 0.482 bits per heavy atom. The van der Waals surface area contributed by atoms with Crippen LogP contribution in [0, 0.1) is 69.5 Å². The summed E-state index contributed by atoms with van der Waals surface area (Å²) in [6.45, 7) is 43.9. The Hall–Kier alpha value is -6.07. The molecule has 9 saturated carbocycles. The molecule has 8 bridgehead atoms. The number of fused-ring (bicyclic) bond motifs is 3. The number of rotatable bonds is 25. The third-order valence-electron chi connectivity index (χ3n) is 28.1. The van der Waals surface area contributed by atoms with Crippen molar-refractivity contribution in [3.63, 3.8) is 0 Å². The van der Waals surface area contributed by atoms with Crippen molar-refractivity contribution in [1.82, 2.24) is 0 Å². The Bertz CT molecular complexity index is 3870. The van der Waals surface area contributed by atoms with Gasteiger partial charge < -0.3 is 42.6 Å². The molecule has 0 saturated heterocycles. The Labute approximate surface area is 678 Å². The number of esters is 1. The van der Waals surface area contributed by atoms with Gasteiger partial charge in [-0.25, -0.2) is 0 Å². The zero-order valence-electron chi connectivity index (χ0n) is 73.4. The number of carbonyl (C=O) groups excluding carboxylic acids is 1. The van der Waals surface area contributed by atoms with Crippen molar-refractivity contribution in [3.05, 3.63) is 155 Å². The van der Waals surface area contributed by atoms with Crippen LogP contribution >= 0.6 is 0 Å². The van der Waals surface area contributed by atoms with Crippen LogP contribution in [-0.2, 0) is 31.8 Å². The van der Waals surface area contributed by atoms with E-state index in [1.54, 1.807) is 0 Å². The molecule has 9 fully saturated rings. The van der Waals surface area contributed by atoms with Gasteiger partial charge in [0, 0.05) is 41.2 Å². The molecule has 10 nitrogen and oxygen atoms in total. The number of hydrogen-bond donors (Lipinski definition) is 0. The van der Waals surface area contributed by atoms with E-state index in [0.717, 1.165) is 106 Å². The van der Waals surface area contributed by atoms with E-state index >= 15 is 0 Å². The van der Waals surface area contributed by atoms with Crippen LogP contribution in [0.4, 0.5) is 0 Å². The zero-order chi connectivity index (χ0) is 80.5. The van der Waals surface area contributed by atoms with E-state index < -0.39 is 5.41 Å². The van der Waals surface area contributed by atoms with Crippen molar-refractivity contribution in [2.75, 3.05) is 13.7 Å². The van der Waals surface area contributed by atoms with E-state index in [1.807, 2.05) is 85.1 Å². The van der Waals surface area contributed by atoms with E-state index in [-0.39, 0.29) is 46.9 Å². The number of benzene rings is 6. The average molecular weight is 1530 g/mol. The summed E-state index contributed by atoms with van der Waals surface area (Å²) in [5.41, 5.74) is 8.43. The minimum atomic E-state index is -0.498. The predicted octanol–water partition coefficient (Wildman–Crippen LogP) is 27.5. The van der Waals surface area contributed by atoms with Crippen LogP contribution in [0.25, 0.3) is 10.8 Å². The number of hydrogen-bond acceptors (Lipinski definition) is 10. The molecule has 616 valence electrons. The molecule has 0 radical (unpaired) electrons. The molecular weight excluding hydrogens is 1390 g/mol. The summed E-state index contributed by atoms with van der Waals surface area (Å²) < 4.78 is 55.3. The van der Waals surface area contributed by atoms with Gasteiger partial charge in [-0.3, -0.25) is 4.79 Å². The van der Waals surface area contributed by atoms with Crippen molar-refractivity contribution in [2.24, 2.45) is 69.5 Å². The van der Waals surface area contributed by atoms with Crippen molar-refractivity contribution >= 4 is 16.7 Å². The summed E-state index contributed by atoms with van der Waals surface area (Å²) in [6.07, 6.45) is 29.5. The lowest BCUT2D eigenvalue weighted by Gasteiger charge is -2.58. The Kier molecular flexibility index (Phi) is 29.4. The molecule has 11 aliphatic rings. The molecule has 0 amide bonds. The minimum absolute atomic E-state index is 0.0654. The Morgan fingerprint density at radius 3 is 1.34 bits per heavy atom. The second-order valence-corrected chi connectivity index (χ2v) is 39.4. The molecule has 17 rings (SSSR count). The highest BCUT2D eigenvalue weighted by Crippen LogP contribution is 2.63. The summed E-state index contributed by atoms with van der Waals surface area (Å²) in [7, 11) is 1.83. The van der Waals surface area contributed by atoms with Crippen LogP contribution in [0.15, 0.2) is 121 Å². The fourth-order valence-electron chi connectivity index (χ4n) is 20.9. The van der Waals surface area contributed by atoms with Crippen molar-refractivity contribution in [1.29, 1.82) is 0 Å². The smallest absolute Gasteiger partial charge is 0.316 e. The molecule has 11 aliphatic carbocycles. The maximum Gasteiger partial charge on any atom is 0.316 e. The van der Waals surface area contributed by atoms with Gasteiger partial charge in [0.05, 0.1) is 11.5 Å². The van der Waals surface area contributed by atoms with E-state index in [1.165, 1.54) is 168 Å². The normalized spacial score (nSPS) is 27.3. The van der Waals surface area contributed by atoms with Gasteiger partial charge in [0.25, 0.3) is 0 Å². The standard InChI is InChI=1S/C23H34O2.C22H32O2.C21H32O2.C20H26O3.C16H24O/c1-4-16(3)20-6-8-21(9-7-20)25-22(24-5-2)23-13-17-10-18(14-23)12-19(11-17)15-23;1-4-15(2)19-5-7-20(8-6-19)24-21(23-3)22-12-16-9-17(13-22)11-18(10-16)14-22;1-14(2)21(22-18-8-6-5-7-9-18)23-19-10-11-20-16(4)15(3)12-17(20)13-19;1-7-20(5,6)18(21)22-16-12-8-11-15-14(16)10-9-13-17(15)23-19(2,3)4;1-6-16(4,5)17-14-7-8-15-12(3)11(2)9-13(15)10-14/h6-9,16-19,22H,4-5,10-15H2,1-3H3;5-8,15-18,21H,4,9-14H2,1-3H3;10-11,13-16,18,21H,5-9,12H2,1-4H3;8-13H,7H2,1-6H3;7-8,10-12H,6,9H2,1-5H3. The third kappa shape index (κ3) is 21.8. The average Bonchev–Trinajstić information content (AvgIpc) is 0.992. The van der Waals surface area contributed by atoms with E-state index in [4.69, 9.17) is 42.6 Å². The molecular formula is C102H148O10. The van der Waals surface area contributed by atoms with E-state index in [2.05, 4.69) is 182 Å². The number of methoxy groups -OCH3 is 1. The fourth-order valence-corrected chi connectivity index (χ4v) is 20.9. The first-order valence-electron chi connectivity index (χ1n) is 44.7. The first kappa shape index (κ1) is 86.8. The maximum absolute atomic E-state index is 12.4. The number of ether oxygens (including phenoxy) is 9. The van der Waals surface area contributed by atoms with Crippen LogP contribution in [0.1, 0.15) is 330 Å². The predicted molar refractivity (Wildman–Crippen MR) is 461 cm³/mol. The topological polar surface area (TPSA) is 100 Å². The van der Waals surface area contributed by atoms with Gasteiger partial charge >= 0.3 is 5.97 Å². The number of carbonyl (C=O) groups is 1. The highest BCUT2D eigenvalue weighted by atomic mass is 16.7. The molecule has 0 heterocycles. The van der Waals surface area contributed by atoms with Gasteiger partial charge in [-0.1, -0.05) is 163 Å². The lowest BCUT2D eigenvalue weighted by molar-refractivity contribution is -0.213. The second-order valence-electron chi connectivity index (χ2n) is 39.4. The molecule has 9 atom stereocenters. The Morgan fingerprint density at radius 2 is 0.911 bits per heavy atom. The molecule has 112 heavy (non-hydrogen) atoms. The Balaban J connectivity index is 0.000000139. The highest BCUT2D eigenvalue weighted by molar-refractivity contribution is 5.95. The van der Waals surface area contributed by atoms with Gasteiger partial charge in [0.1, 0.15) is 45.7 Å². The molecule has 0 spiro atoms. The summed E-state index contributed by atoms with van der Waals surface area (Å²) >= 11 is 0. The summed E-state index contributed by atoms with van der Waals surface area (Å²) in [5.74, 6) is 15.1. The highest BCUT2D eigenvalue weighted by Gasteiger charge is 2.57. The summed E-state index contributed by atoms with van der Waals surface area (Å²) in [5, 5.41) is 1.83. The van der Waals surface area contributed by atoms with Crippen LogP contribution < -0.4 is 28.4 Å². The SMILES string of the molecule is CC(C)C(Oc1ccc2c(c1)CC(C)C2C)OC1CCCCC1.CCC(C)(C)C(=O)Oc1cccc2c(OC(C)(C)C)cccc12.CCC(C)(C)Oc1ccc2c(c1)CC(C)C2C.CCC(C)c1ccc(OC(OC)C23CC4CC(CC(C4)C2)C3)cc1.CCOC(Oc1ccc(C(C)CC)cc1)C12CC3CC(CC(C3)C1)C2. The van der Waals surface area contributed by atoms with Crippen molar-refractivity contribution in [2.45, 2.75) is 346 Å². The molecule has 6 aromatic carbocycles. The molecule has 0 aromatic heterocycles. The van der Waals surface area contributed by atoms with Crippen LogP contribution in [-0.4, -0.2) is 55.9 Å². The maximum atomic E-state index is 12.4. The van der Waals surface area contributed by atoms with Gasteiger partial charge in [0.2, 0.25) is 18.9 Å². The molecule has 10 heteroatoms. The zero-order valence-corrected chi connectivity index (χ0v) is 73.4. The van der Waals surface area contributed by atoms with Crippen molar-refractivity contribution < 1.29 is 47.4 Å². The first-order chi connectivity index (χ1) is 53.3. The van der Waals surface area contributed by atoms with Gasteiger partial charge in [0.15, 0.2) is 0 Å². The van der Waals surface area contributed by atoms with E-state index in [9.17, 15) is 4.79 Å². The summed E-state index contributed by atoms with van der Waals surface area (Å²) in [4.78, 5) is 12.4. The second kappa shape index (κ2) is 37.9. The van der Waals surface area contributed by atoms with E-state index in [0.29, 0.717) is 41.4 Å². The molecule has 0 N–H and O–H groups in total. The van der Waals surface area contributed by atoms with Crippen LogP contribution in [0.3, 0.4) is 0 Å². The van der Waals surface area contributed by atoms with Crippen LogP contribution in [0.5, 0.6) is 34.5 Å². The lowest BCUT2D eigenvalue weighted by Crippen LogP contribution is -2.54. The quantitative estimate of drug-likeness (QED) is 0.0313. The first-order valence-corrected chi connectivity index (χ1v) is 44.7. The van der Waals surface area contributed by atoms with Gasteiger partial charge in [-0.2, -0.15) is 0 Å². The summed E-state index contributed by atoms with van der Waals surface area (Å²) in [6, 6.07) is 42.2. The molecule has 9 unspecified atom stereocenters. The van der Waals surface area contributed by atoms with Crippen LogP contribution in [0.2, 0.25) is 0 Å². The largest absolute Gasteiger partial charge is 0.488 e. The third-order valence-corrected chi connectivity index (χ3v) is 28.1.